The molecule has 18 heavy (non-hydrogen) atoms. The van der Waals surface area contributed by atoms with Gasteiger partial charge in [0.05, 0.1) is 0 Å². The van der Waals surface area contributed by atoms with Crippen molar-refractivity contribution >= 4 is 5.69 Å². The fraction of sp³-hybridized carbons (Fsp3) is 0.625. The van der Waals surface area contributed by atoms with Gasteiger partial charge in [-0.15, -0.1) is 0 Å². The molecule has 2 heteroatoms. The summed E-state index contributed by atoms with van der Waals surface area (Å²) in [4.78, 5) is 2.47. The van der Waals surface area contributed by atoms with E-state index in [-0.39, 0.29) is 0 Å². The van der Waals surface area contributed by atoms with Crippen LogP contribution < -0.4 is 10.6 Å². The van der Waals surface area contributed by atoms with Crippen molar-refractivity contribution in [3.05, 3.63) is 29.8 Å². The first-order valence-electron chi connectivity index (χ1n) is 7.26. The van der Waals surface area contributed by atoms with Crippen LogP contribution in [0.2, 0.25) is 0 Å². The SMILES string of the molecule is CCCCC1CC(N)CN(c2cccc(C)c2)C1. The third-order valence-electron chi connectivity index (χ3n) is 3.90. The van der Waals surface area contributed by atoms with Crippen LogP contribution in [0.1, 0.15) is 38.2 Å². The van der Waals surface area contributed by atoms with Crippen molar-refractivity contribution in [1.82, 2.24) is 0 Å². The molecule has 1 aromatic rings. The second-order valence-corrected chi connectivity index (χ2v) is 5.75. The Morgan fingerprint density at radius 1 is 1.33 bits per heavy atom. The summed E-state index contributed by atoms with van der Waals surface area (Å²) in [5.41, 5.74) is 8.89. The Morgan fingerprint density at radius 2 is 2.17 bits per heavy atom. The standard InChI is InChI=1S/C16H26N2/c1-3-4-7-14-10-15(17)12-18(11-14)16-8-5-6-13(2)9-16/h5-6,8-9,14-15H,3-4,7,10-12,17H2,1-2H3. The molecule has 2 rings (SSSR count). The van der Waals surface area contributed by atoms with E-state index in [0.29, 0.717) is 6.04 Å². The van der Waals surface area contributed by atoms with Crippen molar-refractivity contribution in [3.8, 4) is 0 Å². The van der Waals surface area contributed by atoms with Gasteiger partial charge in [-0.25, -0.2) is 0 Å². The lowest BCUT2D eigenvalue weighted by Crippen LogP contribution is -2.47. The van der Waals surface area contributed by atoms with E-state index in [1.54, 1.807) is 0 Å². The highest BCUT2D eigenvalue weighted by Crippen LogP contribution is 2.26. The number of rotatable bonds is 4. The quantitative estimate of drug-likeness (QED) is 0.883. The normalized spacial score (nSPS) is 24.3. The summed E-state index contributed by atoms with van der Waals surface area (Å²) in [5.74, 6) is 0.772. The lowest BCUT2D eigenvalue weighted by Gasteiger charge is -2.38. The van der Waals surface area contributed by atoms with Crippen LogP contribution in [-0.2, 0) is 0 Å². The fourth-order valence-electron chi connectivity index (χ4n) is 2.98. The number of nitrogens with two attached hydrogens (primary N) is 1. The Hall–Kier alpha value is -1.02. The highest BCUT2D eigenvalue weighted by atomic mass is 15.2. The molecule has 1 aliphatic rings. The smallest absolute Gasteiger partial charge is 0.0369 e. The van der Waals surface area contributed by atoms with Crippen molar-refractivity contribution < 1.29 is 0 Å². The number of aryl methyl sites for hydroxylation is 1. The third kappa shape index (κ3) is 3.49. The van der Waals surface area contributed by atoms with Crippen LogP contribution in [0.5, 0.6) is 0 Å². The van der Waals surface area contributed by atoms with Gasteiger partial charge < -0.3 is 10.6 Å². The van der Waals surface area contributed by atoms with Gasteiger partial charge in [0.25, 0.3) is 0 Å². The molecule has 100 valence electrons. The van der Waals surface area contributed by atoms with Crippen molar-refractivity contribution in [3.63, 3.8) is 0 Å². The summed E-state index contributed by atoms with van der Waals surface area (Å²) < 4.78 is 0. The van der Waals surface area contributed by atoms with Crippen molar-refractivity contribution in [2.75, 3.05) is 18.0 Å². The molecule has 0 radical (unpaired) electrons. The van der Waals surface area contributed by atoms with Gasteiger partial charge in [-0.05, 0) is 43.4 Å². The first kappa shape index (κ1) is 13.4. The largest absolute Gasteiger partial charge is 0.370 e. The van der Waals surface area contributed by atoms with Crippen LogP contribution in [0, 0.1) is 12.8 Å². The molecule has 0 aromatic heterocycles. The Kier molecular flexibility index (Phi) is 4.65. The molecule has 2 nitrogen and oxygen atoms in total. The maximum Gasteiger partial charge on any atom is 0.0369 e. The van der Waals surface area contributed by atoms with E-state index >= 15 is 0 Å². The van der Waals surface area contributed by atoms with Crippen LogP contribution in [0.15, 0.2) is 24.3 Å². The predicted molar refractivity (Wildman–Crippen MR) is 79.0 cm³/mol. The van der Waals surface area contributed by atoms with Gasteiger partial charge in [-0.3, -0.25) is 0 Å². The number of piperidine rings is 1. The van der Waals surface area contributed by atoms with E-state index in [1.807, 2.05) is 0 Å². The molecule has 0 saturated carbocycles. The first-order chi connectivity index (χ1) is 8.69. The minimum atomic E-state index is 0.334. The van der Waals surface area contributed by atoms with E-state index in [4.69, 9.17) is 5.73 Å². The molecular formula is C16H26N2. The van der Waals surface area contributed by atoms with Crippen molar-refractivity contribution in [2.45, 2.75) is 45.6 Å². The molecule has 2 unspecified atom stereocenters. The van der Waals surface area contributed by atoms with Gasteiger partial charge in [0.15, 0.2) is 0 Å². The molecule has 1 heterocycles. The zero-order chi connectivity index (χ0) is 13.0. The van der Waals surface area contributed by atoms with Crippen LogP contribution in [0.4, 0.5) is 5.69 Å². The second kappa shape index (κ2) is 6.24. The molecule has 0 amide bonds. The topological polar surface area (TPSA) is 29.3 Å². The maximum absolute atomic E-state index is 6.22. The van der Waals surface area contributed by atoms with Crippen molar-refractivity contribution in [1.29, 1.82) is 0 Å². The first-order valence-corrected chi connectivity index (χ1v) is 7.26. The van der Waals surface area contributed by atoms with Crippen LogP contribution in [-0.4, -0.2) is 19.1 Å². The highest BCUT2D eigenvalue weighted by Gasteiger charge is 2.24. The van der Waals surface area contributed by atoms with E-state index in [9.17, 15) is 0 Å². The average Bonchev–Trinajstić information content (AvgIpc) is 2.36. The highest BCUT2D eigenvalue weighted by molar-refractivity contribution is 5.49. The summed E-state index contributed by atoms with van der Waals surface area (Å²) in [6, 6.07) is 9.12. The number of hydrogen-bond donors (Lipinski definition) is 1. The molecule has 1 aromatic carbocycles. The van der Waals surface area contributed by atoms with E-state index in [2.05, 4.69) is 43.0 Å². The number of hydrogen-bond acceptors (Lipinski definition) is 2. The lowest BCUT2D eigenvalue weighted by atomic mass is 9.90. The number of unbranched alkanes of at least 4 members (excludes halogenated alkanes) is 1. The monoisotopic (exact) mass is 246 g/mol. The van der Waals surface area contributed by atoms with Crippen molar-refractivity contribution in [2.24, 2.45) is 11.7 Å². The minimum absolute atomic E-state index is 0.334. The van der Waals surface area contributed by atoms with Gasteiger partial charge in [0.1, 0.15) is 0 Å². The van der Waals surface area contributed by atoms with Gasteiger partial charge in [0, 0.05) is 24.8 Å². The van der Waals surface area contributed by atoms with Crippen LogP contribution in [0.25, 0.3) is 0 Å². The number of nitrogens with zero attached hydrogens (tertiary/aromatic N) is 1. The van der Waals surface area contributed by atoms with Crippen LogP contribution in [0.3, 0.4) is 0 Å². The molecule has 1 aliphatic heterocycles. The molecule has 2 N–H and O–H groups in total. The fourth-order valence-corrected chi connectivity index (χ4v) is 2.98. The summed E-state index contributed by atoms with van der Waals surface area (Å²) in [5, 5.41) is 0. The molecule has 0 aliphatic carbocycles. The van der Waals surface area contributed by atoms with E-state index < -0.39 is 0 Å². The summed E-state index contributed by atoms with van der Waals surface area (Å²) in [7, 11) is 0. The molecule has 1 saturated heterocycles. The average molecular weight is 246 g/mol. The van der Waals surface area contributed by atoms with Gasteiger partial charge in [0.2, 0.25) is 0 Å². The van der Waals surface area contributed by atoms with Gasteiger partial charge in [-0.2, -0.15) is 0 Å². The zero-order valence-electron chi connectivity index (χ0n) is 11.7. The maximum atomic E-state index is 6.22. The molecule has 0 spiro atoms. The van der Waals surface area contributed by atoms with Crippen LogP contribution >= 0.6 is 0 Å². The Labute approximate surface area is 111 Å². The lowest BCUT2D eigenvalue weighted by molar-refractivity contribution is 0.349. The Bertz CT molecular complexity index is 375. The summed E-state index contributed by atoms with van der Waals surface area (Å²) in [6.45, 7) is 6.60. The third-order valence-corrected chi connectivity index (χ3v) is 3.90. The predicted octanol–water partition coefficient (Wildman–Crippen LogP) is 3.34. The molecule has 0 bridgehead atoms. The summed E-state index contributed by atoms with van der Waals surface area (Å²) >= 11 is 0. The molecule has 2 atom stereocenters. The molecular weight excluding hydrogens is 220 g/mol. The Morgan fingerprint density at radius 3 is 2.89 bits per heavy atom. The molecule has 1 fully saturated rings. The second-order valence-electron chi connectivity index (χ2n) is 5.75. The van der Waals surface area contributed by atoms with Gasteiger partial charge >= 0.3 is 0 Å². The van der Waals surface area contributed by atoms with Gasteiger partial charge in [-0.1, -0.05) is 31.9 Å². The number of anilines is 1. The van der Waals surface area contributed by atoms with E-state index in [1.165, 1.54) is 43.5 Å². The Balaban J connectivity index is 2.03. The van der Waals surface area contributed by atoms with E-state index in [0.717, 1.165) is 12.5 Å². The number of benzene rings is 1. The summed E-state index contributed by atoms with van der Waals surface area (Å²) in [6.07, 6.45) is 5.14. The minimum Gasteiger partial charge on any atom is -0.370 e. The zero-order valence-corrected chi connectivity index (χ0v) is 11.7.